The Labute approximate surface area is 109 Å². The van der Waals surface area contributed by atoms with E-state index in [2.05, 4.69) is 10.2 Å². The van der Waals surface area contributed by atoms with Crippen molar-refractivity contribution in [2.75, 3.05) is 5.73 Å². The SMILES string of the molecule is Cc1cc(-c2n[nH]c(=O)c3ccccc23)ccc1N. The Balaban J connectivity index is 2.34. The summed E-state index contributed by atoms with van der Waals surface area (Å²) in [5.74, 6) is 0. The summed E-state index contributed by atoms with van der Waals surface area (Å²) in [4.78, 5) is 11.7. The number of aryl methyl sites for hydroxylation is 1. The van der Waals surface area contributed by atoms with E-state index in [0.717, 1.165) is 27.9 Å². The molecule has 0 fully saturated rings. The molecule has 94 valence electrons. The van der Waals surface area contributed by atoms with E-state index in [1.165, 1.54) is 0 Å². The molecule has 0 bridgehead atoms. The number of hydrogen-bond donors (Lipinski definition) is 2. The third-order valence-corrected chi connectivity index (χ3v) is 3.24. The van der Waals surface area contributed by atoms with E-state index in [9.17, 15) is 4.79 Å². The quantitative estimate of drug-likeness (QED) is 0.653. The minimum Gasteiger partial charge on any atom is -0.399 e. The molecule has 0 radical (unpaired) electrons. The summed E-state index contributed by atoms with van der Waals surface area (Å²) in [5, 5.41) is 8.19. The molecule has 1 heterocycles. The molecule has 0 unspecified atom stereocenters. The van der Waals surface area contributed by atoms with Gasteiger partial charge in [0.05, 0.1) is 11.1 Å². The minimum atomic E-state index is -0.175. The second-order valence-corrected chi connectivity index (χ2v) is 4.52. The second-order valence-electron chi connectivity index (χ2n) is 4.52. The van der Waals surface area contributed by atoms with Crippen molar-refractivity contribution in [1.82, 2.24) is 10.2 Å². The van der Waals surface area contributed by atoms with Crippen LogP contribution in [0.15, 0.2) is 47.3 Å². The highest BCUT2D eigenvalue weighted by molar-refractivity contribution is 5.93. The van der Waals surface area contributed by atoms with Gasteiger partial charge in [-0.2, -0.15) is 5.10 Å². The fourth-order valence-corrected chi connectivity index (χ4v) is 2.16. The second kappa shape index (κ2) is 4.24. The molecule has 3 N–H and O–H groups in total. The highest BCUT2D eigenvalue weighted by atomic mass is 16.1. The molecule has 0 spiro atoms. The predicted octanol–water partition coefficient (Wildman–Crippen LogP) is 2.48. The summed E-state index contributed by atoms with van der Waals surface area (Å²) in [6, 6.07) is 13.2. The third-order valence-electron chi connectivity index (χ3n) is 3.24. The van der Waals surface area contributed by atoms with Gasteiger partial charge in [-0.15, -0.1) is 0 Å². The van der Waals surface area contributed by atoms with Crippen LogP contribution in [0.3, 0.4) is 0 Å². The Hall–Kier alpha value is -2.62. The van der Waals surface area contributed by atoms with Crippen molar-refractivity contribution in [1.29, 1.82) is 0 Å². The average Bonchev–Trinajstić information content (AvgIpc) is 2.43. The number of rotatable bonds is 1. The first-order valence-corrected chi connectivity index (χ1v) is 6.01. The highest BCUT2D eigenvalue weighted by Crippen LogP contribution is 2.26. The molecule has 4 nitrogen and oxygen atoms in total. The van der Waals surface area contributed by atoms with E-state index in [-0.39, 0.29) is 5.56 Å². The summed E-state index contributed by atoms with van der Waals surface area (Å²) >= 11 is 0. The Bertz CT molecular complexity index is 821. The molecule has 19 heavy (non-hydrogen) atoms. The number of anilines is 1. The van der Waals surface area contributed by atoms with Crippen molar-refractivity contribution < 1.29 is 0 Å². The smallest absolute Gasteiger partial charge is 0.272 e. The van der Waals surface area contributed by atoms with Crippen molar-refractivity contribution in [3.63, 3.8) is 0 Å². The van der Waals surface area contributed by atoms with E-state index in [1.807, 2.05) is 43.3 Å². The largest absolute Gasteiger partial charge is 0.399 e. The van der Waals surface area contributed by atoms with Gasteiger partial charge >= 0.3 is 0 Å². The molecule has 2 aromatic carbocycles. The topological polar surface area (TPSA) is 71.8 Å². The lowest BCUT2D eigenvalue weighted by atomic mass is 10.0. The van der Waals surface area contributed by atoms with Gasteiger partial charge in [0.15, 0.2) is 0 Å². The number of benzene rings is 2. The van der Waals surface area contributed by atoms with E-state index in [0.29, 0.717) is 5.39 Å². The molecule has 0 aliphatic carbocycles. The molecule has 1 aromatic heterocycles. The van der Waals surface area contributed by atoms with Gasteiger partial charge in [-0.1, -0.05) is 24.3 Å². The number of nitrogens with zero attached hydrogens (tertiary/aromatic N) is 1. The molecule has 0 aliphatic heterocycles. The zero-order chi connectivity index (χ0) is 13.4. The summed E-state index contributed by atoms with van der Waals surface area (Å²) in [6.45, 7) is 1.95. The van der Waals surface area contributed by atoms with Gasteiger partial charge in [-0.05, 0) is 30.7 Å². The van der Waals surface area contributed by atoms with Crippen LogP contribution >= 0.6 is 0 Å². The van der Waals surface area contributed by atoms with Crippen molar-refractivity contribution >= 4 is 16.5 Å². The van der Waals surface area contributed by atoms with Gasteiger partial charge in [0.25, 0.3) is 5.56 Å². The normalized spacial score (nSPS) is 10.8. The highest BCUT2D eigenvalue weighted by Gasteiger charge is 2.08. The van der Waals surface area contributed by atoms with Gasteiger partial charge in [-0.25, -0.2) is 5.10 Å². The maximum absolute atomic E-state index is 11.7. The first-order valence-electron chi connectivity index (χ1n) is 6.01. The molecule has 0 saturated carbocycles. The van der Waals surface area contributed by atoms with Gasteiger partial charge in [0, 0.05) is 16.6 Å². The van der Waals surface area contributed by atoms with E-state index in [1.54, 1.807) is 6.07 Å². The zero-order valence-electron chi connectivity index (χ0n) is 10.5. The molecule has 3 rings (SSSR count). The van der Waals surface area contributed by atoms with Crippen LogP contribution in [0.5, 0.6) is 0 Å². The van der Waals surface area contributed by atoms with Crippen molar-refractivity contribution in [3.05, 3.63) is 58.4 Å². The van der Waals surface area contributed by atoms with Crippen molar-refractivity contribution in [2.45, 2.75) is 6.92 Å². The number of nitrogens with two attached hydrogens (primary N) is 1. The molecule has 0 atom stereocenters. The van der Waals surface area contributed by atoms with Crippen LogP contribution in [-0.4, -0.2) is 10.2 Å². The third kappa shape index (κ3) is 1.87. The molecule has 0 aliphatic rings. The van der Waals surface area contributed by atoms with Gasteiger partial charge in [0.2, 0.25) is 0 Å². The van der Waals surface area contributed by atoms with Crippen LogP contribution in [0.25, 0.3) is 22.0 Å². The first-order chi connectivity index (χ1) is 9.16. The summed E-state index contributed by atoms with van der Waals surface area (Å²) in [5.41, 5.74) is 9.10. The number of nitrogens with one attached hydrogen (secondary N) is 1. The summed E-state index contributed by atoms with van der Waals surface area (Å²) in [7, 11) is 0. The Morgan fingerprint density at radius 3 is 2.58 bits per heavy atom. The van der Waals surface area contributed by atoms with Gasteiger partial charge in [-0.3, -0.25) is 4.79 Å². The van der Waals surface area contributed by atoms with Gasteiger partial charge < -0.3 is 5.73 Å². The number of fused-ring (bicyclic) bond motifs is 1. The van der Waals surface area contributed by atoms with E-state index < -0.39 is 0 Å². The maximum atomic E-state index is 11.7. The van der Waals surface area contributed by atoms with Crippen molar-refractivity contribution in [2.24, 2.45) is 0 Å². The maximum Gasteiger partial charge on any atom is 0.272 e. The molecule has 4 heteroatoms. The lowest BCUT2D eigenvalue weighted by Crippen LogP contribution is -2.09. The fraction of sp³-hybridized carbons (Fsp3) is 0.0667. The number of nitrogen functional groups attached to an aromatic ring is 1. The summed E-state index contributed by atoms with van der Waals surface area (Å²) < 4.78 is 0. The summed E-state index contributed by atoms with van der Waals surface area (Å²) in [6.07, 6.45) is 0. The minimum absolute atomic E-state index is 0.175. The van der Waals surface area contributed by atoms with Crippen LogP contribution in [0.4, 0.5) is 5.69 Å². The van der Waals surface area contributed by atoms with E-state index in [4.69, 9.17) is 5.73 Å². The average molecular weight is 251 g/mol. The lowest BCUT2D eigenvalue weighted by molar-refractivity contribution is 1.02. The number of aromatic nitrogens is 2. The Morgan fingerprint density at radius 2 is 1.84 bits per heavy atom. The van der Waals surface area contributed by atoms with Crippen LogP contribution in [0.1, 0.15) is 5.56 Å². The predicted molar refractivity (Wildman–Crippen MR) is 76.9 cm³/mol. The van der Waals surface area contributed by atoms with Crippen molar-refractivity contribution in [3.8, 4) is 11.3 Å². The van der Waals surface area contributed by atoms with E-state index >= 15 is 0 Å². The number of hydrogen-bond acceptors (Lipinski definition) is 3. The van der Waals surface area contributed by atoms with Gasteiger partial charge in [0.1, 0.15) is 0 Å². The number of H-pyrrole nitrogens is 1. The molecular weight excluding hydrogens is 238 g/mol. The molecular formula is C15H13N3O. The first kappa shape index (κ1) is 11.5. The Morgan fingerprint density at radius 1 is 1.11 bits per heavy atom. The van der Waals surface area contributed by atoms with Crippen LogP contribution in [0.2, 0.25) is 0 Å². The molecule has 3 aromatic rings. The molecule has 0 saturated heterocycles. The Kier molecular flexibility index (Phi) is 2.56. The number of aromatic amines is 1. The molecule has 0 amide bonds. The van der Waals surface area contributed by atoms with Crippen LogP contribution in [0, 0.1) is 6.92 Å². The fourth-order valence-electron chi connectivity index (χ4n) is 2.16. The van der Waals surface area contributed by atoms with Crippen LogP contribution in [-0.2, 0) is 0 Å². The monoisotopic (exact) mass is 251 g/mol. The van der Waals surface area contributed by atoms with Crippen LogP contribution < -0.4 is 11.3 Å². The lowest BCUT2D eigenvalue weighted by Gasteiger charge is -2.07. The zero-order valence-corrected chi connectivity index (χ0v) is 10.5. The standard InChI is InChI=1S/C15H13N3O/c1-9-8-10(6-7-13(9)16)14-11-4-2-3-5-12(11)15(19)18-17-14/h2-8H,16H2,1H3,(H,18,19).